The molecule has 0 saturated carbocycles. The Morgan fingerprint density at radius 2 is 2.00 bits per heavy atom. The summed E-state index contributed by atoms with van der Waals surface area (Å²) in [5.41, 5.74) is -0.676. The smallest absolute Gasteiger partial charge is 0.410 e. The maximum atomic E-state index is 13.1. The Kier molecular flexibility index (Phi) is 4.53. The number of amides is 1. The van der Waals surface area contributed by atoms with Crippen LogP contribution in [-0.2, 0) is 4.74 Å². The molecule has 0 aromatic rings. The van der Waals surface area contributed by atoms with Crippen molar-refractivity contribution in [2.24, 2.45) is 0 Å². The standard InChI is InChI=1S/C12H22F2N2O2/c1-11(2,3)18-10(17)16(8-12(4,13)14)9-5-6-15-7-9/h9,15H,5-8H2,1-4H3. The van der Waals surface area contributed by atoms with Crippen molar-refractivity contribution in [3.05, 3.63) is 0 Å². The monoisotopic (exact) mass is 264 g/mol. The van der Waals surface area contributed by atoms with Crippen LogP contribution in [0.2, 0.25) is 0 Å². The Morgan fingerprint density at radius 3 is 2.39 bits per heavy atom. The quantitative estimate of drug-likeness (QED) is 0.850. The molecule has 1 amide bonds. The van der Waals surface area contributed by atoms with E-state index in [-0.39, 0.29) is 6.04 Å². The number of halogens is 2. The molecule has 1 aliphatic rings. The summed E-state index contributed by atoms with van der Waals surface area (Å²) in [7, 11) is 0. The molecule has 1 saturated heterocycles. The fraction of sp³-hybridized carbons (Fsp3) is 0.917. The van der Waals surface area contributed by atoms with Crippen molar-refractivity contribution >= 4 is 6.09 Å². The third kappa shape index (κ3) is 5.16. The molecule has 1 rings (SSSR count). The van der Waals surface area contributed by atoms with E-state index in [4.69, 9.17) is 4.74 Å². The molecule has 0 aromatic heterocycles. The Balaban J connectivity index is 2.73. The fourth-order valence-corrected chi connectivity index (χ4v) is 1.87. The van der Waals surface area contributed by atoms with Crippen LogP contribution in [0.3, 0.4) is 0 Å². The normalized spacial score (nSPS) is 20.9. The lowest BCUT2D eigenvalue weighted by molar-refractivity contribution is -0.0385. The van der Waals surface area contributed by atoms with Gasteiger partial charge in [0.1, 0.15) is 5.60 Å². The first-order chi connectivity index (χ1) is 8.08. The molecule has 6 heteroatoms. The van der Waals surface area contributed by atoms with Gasteiger partial charge >= 0.3 is 6.09 Å². The lowest BCUT2D eigenvalue weighted by Gasteiger charge is -2.32. The number of nitrogens with one attached hydrogen (secondary N) is 1. The Morgan fingerprint density at radius 1 is 1.39 bits per heavy atom. The van der Waals surface area contributed by atoms with Gasteiger partial charge in [-0.05, 0) is 33.7 Å². The Bertz CT molecular complexity index is 291. The molecule has 1 heterocycles. The maximum absolute atomic E-state index is 13.1. The average Bonchev–Trinajstić information content (AvgIpc) is 2.61. The maximum Gasteiger partial charge on any atom is 0.410 e. The Labute approximate surface area is 107 Å². The van der Waals surface area contributed by atoms with Crippen LogP contribution in [-0.4, -0.2) is 48.2 Å². The molecule has 18 heavy (non-hydrogen) atoms. The van der Waals surface area contributed by atoms with E-state index >= 15 is 0 Å². The van der Waals surface area contributed by atoms with Crippen LogP contribution in [0.5, 0.6) is 0 Å². The number of carbonyl (C=O) groups is 1. The van der Waals surface area contributed by atoms with E-state index in [1.807, 2.05) is 0 Å². The zero-order valence-corrected chi connectivity index (χ0v) is 11.4. The van der Waals surface area contributed by atoms with Crippen LogP contribution in [0.4, 0.5) is 13.6 Å². The highest BCUT2D eigenvalue weighted by Crippen LogP contribution is 2.21. The molecule has 0 radical (unpaired) electrons. The van der Waals surface area contributed by atoms with Crippen molar-refractivity contribution in [3.8, 4) is 0 Å². The van der Waals surface area contributed by atoms with Crippen LogP contribution in [0, 0.1) is 0 Å². The molecular formula is C12H22F2N2O2. The third-order valence-corrected chi connectivity index (χ3v) is 2.55. The summed E-state index contributed by atoms with van der Waals surface area (Å²) < 4.78 is 31.5. The van der Waals surface area contributed by atoms with E-state index in [0.717, 1.165) is 18.4 Å². The lowest BCUT2D eigenvalue weighted by Crippen LogP contribution is -2.48. The Hall–Kier alpha value is -0.910. The third-order valence-electron chi connectivity index (χ3n) is 2.55. The van der Waals surface area contributed by atoms with Crippen LogP contribution in [0.15, 0.2) is 0 Å². The van der Waals surface area contributed by atoms with Gasteiger partial charge in [-0.2, -0.15) is 0 Å². The van der Waals surface area contributed by atoms with E-state index in [1.54, 1.807) is 20.8 Å². The van der Waals surface area contributed by atoms with Crippen LogP contribution in [0.25, 0.3) is 0 Å². The molecule has 1 aliphatic heterocycles. The molecular weight excluding hydrogens is 242 g/mol. The number of rotatable bonds is 3. The van der Waals surface area contributed by atoms with Gasteiger partial charge in [-0.1, -0.05) is 0 Å². The zero-order chi connectivity index (χ0) is 14.0. The first-order valence-electron chi connectivity index (χ1n) is 6.17. The second-order valence-electron chi connectivity index (χ2n) is 5.83. The molecule has 106 valence electrons. The largest absolute Gasteiger partial charge is 0.444 e. The number of nitrogens with zero attached hydrogens (tertiary/aromatic N) is 1. The summed E-state index contributed by atoms with van der Waals surface area (Å²) in [5.74, 6) is -2.92. The summed E-state index contributed by atoms with van der Waals surface area (Å²) in [6.45, 7) is 6.65. The van der Waals surface area contributed by atoms with Crippen molar-refractivity contribution in [3.63, 3.8) is 0 Å². The van der Waals surface area contributed by atoms with Crippen LogP contribution < -0.4 is 5.32 Å². The first kappa shape index (κ1) is 15.1. The van der Waals surface area contributed by atoms with E-state index in [1.165, 1.54) is 0 Å². The van der Waals surface area contributed by atoms with Gasteiger partial charge in [0.05, 0.1) is 6.54 Å². The zero-order valence-electron chi connectivity index (χ0n) is 11.4. The van der Waals surface area contributed by atoms with E-state index in [2.05, 4.69) is 5.32 Å². The number of hydrogen-bond donors (Lipinski definition) is 1. The summed E-state index contributed by atoms with van der Waals surface area (Å²) >= 11 is 0. The number of alkyl halides is 2. The van der Waals surface area contributed by atoms with Gasteiger partial charge in [0.15, 0.2) is 0 Å². The fourth-order valence-electron chi connectivity index (χ4n) is 1.87. The van der Waals surface area contributed by atoms with E-state index in [0.29, 0.717) is 13.0 Å². The van der Waals surface area contributed by atoms with Crippen molar-refractivity contribution in [2.75, 3.05) is 19.6 Å². The summed E-state index contributed by atoms with van der Waals surface area (Å²) in [6.07, 6.45) is 0.00714. The number of hydrogen-bond acceptors (Lipinski definition) is 3. The molecule has 0 spiro atoms. The lowest BCUT2D eigenvalue weighted by atomic mass is 10.2. The van der Waals surface area contributed by atoms with Crippen molar-refractivity contribution in [1.82, 2.24) is 10.2 Å². The summed E-state index contributed by atoms with van der Waals surface area (Å²) in [4.78, 5) is 13.1. The second-order valence-corrected chi connectivity index (χ2v) is 5.83. The van der Waals surface area contributed by atoms with Gasteiger partial charge in [0, 0.05) is 19.5 Å². The first-order valence-corrected chi connectivity index (χ1v) is 6.17. The highest BCUT2D eigenvalue weighted by atomic mass is 19.3. The van der Waals surface area contributed by atoms with Crippen LogP contribution in [0.1, 0.15) is 34.1 Å². The van der Waals surface area contributed by atoms with Gasteiger partial charge in [-0.3, -0.25) is 4.90 Å². The topological polar surface area (TPSA) is 41.6 Å². The molecule has 1 atom stereocenters. The van der Waals surface area contributed by atoms with Crippen molar-refractivity contribution < 1.29 is 18.3 Å². The van der Waals surface area contributed by atoms with Gasteiger partial charge in [-0.15, -0.1) is 0 Å². The average molecular weight is 264 g/mol. The summed E-state index contributed by atoms with van der Waals surface area (Å²) in [5, 5.41) is 3.06. The minimum Gasteiger partial charge on any atom is -0.444 e. The van der Waals surface area contributed by atoms with E-state index in [9.17, 15) is 13.6 Å². The van der Waals surface area contributed by atoms with Crippen LogP contribution >= 0.6 is 0 Å². The van der Waals surface area contributed by atoms with Gasteiger partial charge in [0.2, 0.25) is 0 Å². The summed E-state index contributed by atoms with van der Waals surface area (Å²) in [6, 6.07) is -0.217. The second kappa shape index (κ2) is 5.38. The predicted molar refractivity (Wildman–Crippen MR) is 64.8 cm³/mol. The van der Waals surface area contributed by atoms with Gasteiger partial charge in [-0.25, -0.2) is 13.6 Å². The SMILES string of the molecule is CC(F)(F)CN(C(=O)OC(C)(C)C)C1CCNC1. The van der Waals surface area contributed by atoms with E-state index < -0.39 is 24.2 Å². The highest BCUT2D eigenvalue weighted by Gasteiger charge is 2.36. The minimum absolute atomic E-state index is 0.217. The molecule has 4 nitrogen and oxygen atoms in total. The van der Waals surface area contributed by atoms with Gasteiger partial charge < -0.3 is 10.1 Å². The van der Waals surface area contributed by atoms with Crippen molar-refractivity contribution in [2.45, 2.75) is 51.7 Å². The molecule has 1 N–H and O–H groups in total. The molecule has 1 fully saturated rings. The molecule has 1 unspecified atom stereocenters. The predicted octanol–water partition coefficient (Wildman–Crippen LogP) is 2.24. The number of ether oxygens (including phenoxy) is 1. The van der Waals surface area contributed by atoms with Gasteiger partial charge in [0.25, 0.3) is 5.92 Å². The molecule has 0 bridgehead atoms. The molecule has 0 aliphatic carbocycles. The number of carbonyl (C=O) groups excluding carboxylic acids is 1. The van der Waals surface area contributed by atoms with Crippen molar-refractivity contribution in [1.29, 1.82) is 0 Å². The molecule has 0 aromatic carbocycles. The highest BCUT2D eigenvalue weighted by molar-refractivity contribution is 5.68. The minimum atomic E-state index is -2.92.